The quantitative estimate of drug-likeness (QED) is 0.750. The Morgan fingerprint density at radius 1 is 0.773 bits per heavy atom. The summed E-state index contributed by atoms with van der Waals surface area (Å²) in [6.07, 6.45) is 0. The van der Waals surface area contributed by atoms with Crippen molar-refractivity contribution >= 4 is 49.8 Å². The fourth-order valence-electron chi connectivity index (χ4n) is 2.06. The largest absolute Gasteiger partial charge is 0.407 e. The molecule has 1 N–H and O–H groups in total. The van der Waals surface area contributed by atoms with E-state index in [1.807, 2.05) is 36.4 Å². The molecule has 0 saturated heterocycles. The van der Waals surface area contributed by atoms with Crippen LogP contribution in [0.4, 0.5) is 5.69 Å². The number of rotatable bonds is 4. The predicted molar refractivity (Wildman–Crippen MR) is 92.1 cm³/mol. The molecular weight excluding hydrogens is 311 g/mol. The number of hydrogen-bond acceptors (Lipinski definition) is 3. The Bertz CT molecular complexity index is 861. The summed E-state index contributed by atoms with van der Waals surface area (Å²) in [4.78, 5) is 0. The Morgan fingerprint density at radius 2 is 1.41 bits per heavy atom. The molecule has 3 rings (SSSR count). The zero-order chi connectivity index (χ0) is 14.7. The summed E-state index contributed by atoms with van der Waals surface area (Å²) in [7, 11) is -3.93. The molecule has 3 aromatic rings. The summed E-state index contributed by atoms with van der Waals surface area (Å²) in [6, 6.07) is 21.4. The Hall–Kier alpha value is -1.76. The van der Waals surface area contributed by atoms with Gasteiger partial charge in [0.2, 0.25) is 0 Å². The SMILES string of the molecule is O=S(=O)(Nc1ccccc1)Oc1cccc2ccccc12.[MgH2]. The van der Waals surface area contributed by atoms with Crippen molar-refractivity contribution in [1.82, 2.24) is 0 Å². The molecule has 0 spiro atoms. The van der Waals surface area contributed by atoms with Crippen molar-refractivity contribution in [1.29, 1.82) is 0 Å². The first-order chi connectivity index (χ1) is 10.1. The molecule has 4 nitrogen and oxygen atoms in total. The van der Waals surface area contributed by atoms with E-state index in [9.17, 15) is 8.42 Å². The molecule has 22 heavy (non-hydrogen) atoms. The molecule has 0 aromatic heterocycles. The number of nitrogens with one attached hydrogen (secondary N) is 1. The van der Waals surface area contributed by atoms with Crippen LogP contribution < -0.4 is 8.91 Å². The van der Waals surface area contributed by atoms with E-state index in [1.54, 1.807) is 36.4 Å². The van der Waals surface area contributed by atoms with Crippen molar-refractivity contribution in [3.8, 4) is 5.75 Å². The van der Waals surface area contributed by atoms with Crippen molar-refractivity contribution in [2.45, 2.75) is 0 Å². The highest BCUT2D eigenvalue weighted by atomic mass is 32.2. The maximum Gasteiger partial charge on any atom is 0.407 e. The van der Waals surface area contributed by atoms with Crippen LogP contribution in [0.5, 0.6) is 5.75 Å². The van der Waals surface area contributed by atoms with Gasteiger partial charge in [0.1, 0.15) is 0 Å². The first-order valence-corrected chi connectivity index (χ1v) is 7.80. The third-order valence-corrected chi connectivity index (χ3v) is 3.85. The van der Waals surface area contributed by atoms with Gasteiger partial charge in [0.15, 0.2) is 5.75 Å². The van der Waals surface area contributed by atoms with Crippen LogP contribution in [0.25, 0.3) is 10.8 Å². The summed E-state index contributed by atoms with van der Waals surface area (Å²) in [5.41, 5.74) is 0.456. The van der Waals surface area contributed by atoms with Crippen LogP contribution in [-0.2, 0) is 10.3 Å². The molecule has 0 fully saturated rings. The van der Waals surface area contributed by atoms with Gasteiger partial charge in [0.05, 0.1) is 5.69 Å². The van der Waals surface area contributed by atoms with E-state index in [1.165, 1.54) is 0 Å². The van der Waals surface area contributed by atoms with Gasteiger partial charge in [0.25, 0.3) is 0 Å². The second kappa shape index (κ2) is 7.00. The maximum atomic E-state index is 12.1. The van der Waals surface area contributed by atoms with E-state index in [-0.39, 0.29) is 23.1 Å². The van der Waals surface area contributed by atoms with E-state index in [0.717, 1.165) is 10.8 Å². The molecule has 0 bridgehead atoms. The molecule has 0 amide bonds. The lowest BCUT2D eigenvalue weighted by molar-refractivity contribution is 0.495. The molecule has 0 atom stereocenters. The minimum atomic E-state index is -3.93. The molecule has 0 saturated carbocycles. The van der Waals surface area contributed by atoms with Crippen LogP contribution in [0, 0.1) is 0 Å². The highest BCUT2D eigenvalue weighted by Gasteiger charge is 2.14. The van der Waals surface area contributed by atoms with E-state index >= 15 is 0 Å². The first-order valence-electron chi connectivity index (χ1n) is 6.39. The zero-order valence-electron chi connectivity index (χ0n) is 11.1. The lowest BCUT2D eigenvalue weighted by Crippen LogP contribution is -2.19. The van der Waals surface area contributed by atoms with Crippen molar-refractivity contribution in [3.05, 3.63) is 72.8 Å². The fraction of sp³-hybridized carbons (Fsp3) is 0. The monoisotopic (exact) mass is 325 g/mol. The standard InChI is InChI=1S/C16H13NO3S.Mg.2H/c18-21(19,17-14-9-2-1-3-10-14)20-16-12-6-8-13-7-4-5-11-15(13)16;;;/h1-12,17H;;;. The first kappa shape index (κ1) is 16.6. The molecule has 0 heterocycles. The van der Waals surface area contributed by atoms with Crippen LogP contribution in [0.2, 0.25) is 0 Å². The molecule has 0 aliphatic carbocycles. The molecule has 0 aliphatic heterocycles. The molecule has 0 aliphatic rings. The van der Waals surface area contributed by atoms with E-state index < -0.39 is 10.3 Å². The number of fused-ring (bicyclic) bond motifs is 1. The van der Waals surface area contributed by atoms with Crippen LogP contribution in [0.3, 0.4) is 0 Å². The second-order valence-electron chi connectivity index (χ2n) is 4.48. The Labute approximate surface area is 145 Å². The van der Waals surface area contributed by atoms with Gasteiger partial charge in [-0.15, -0.1) is 0 Å². The molecular formula is C16H15MgNO3S. The van der Waals surface area contributed by atoms with Crippen LogP contribution in [0.1, 0.15) is 0 Å². The number of benzene rings is 3. The lowest BCUT2D eigenvalue weighted by Gasteiger charge is -2.10. The number of para-hydroxylation sites is 1. The topological polar surface area (TPSA) is 55.4 Å². The normalized spacial score (nSPS) is 10.7. The van der Waals surface area contributed by atoms with Gasteiger partial charge in [-0.25, -0.2) is 0 Å². The Kier molecular flexibility index (Phi) is 5.28. The van der Waals surface area contributed by atoms with Gasteiger partial charge < -0.3 is 4.18 Å². The summed E-state index contributed by atoms with van der Waals surface area (Å²) < 4.78 is 31.7. The summed E-state index contributed by atoms with van der Waals surface area (Å²) in [6.45, 7) is 0. The van der Waals surface area contributed by atoms with Crippen LogP contribution >= 0.6 is 0 Å². The van der Waals surface area contributed by atoms with E-state index in [4.69, 9.17) is 4.18 Å². The highest BCUT2D eigenvalue weighted by molar-refractivity contribution is 7.88. The second-order valence-corrected chi connectivity index (χ2v) is 5.76. The van der Waals surface area contributed by atoms with Crippen molar-refractivity contribution < 1.29 is 12.6 Å². The van der Waals surface area contributed by atoms with Crippen molar-refractivity contribution in [2.24, 2.45) is 0 Å². The van der Waals surface area contributed by atoms with Gasteiger partial charge in [0, 0.05) is 5.39 Å². The van der Waals surface area contributed by atoms with Gasteiger partial charge in [-0.1, -0.05) is 54.6 Å². The average molecular weight is 326 g/mol. The van der Waals surface area contributed by atoms with Crippen LogP contribution in [-0.4, -0.2) is 31.5 Å². The molecule has 110 valence electrons. The summed E-state index contributed by atoms with van der Waals surface area (Å²) in [5, 5.41) is 1.67. The minimum absolute atomic E-state index is 0. The highest BCUT2D eigenvalue weighted by Crippen LogP contribution is 2.26. The van der Waals surface area contributed by atoms with Gasteiger partial charge in [-0.3, -0.25) is 4.72 Å². The third-order valence-electron chi connectivity index (χ3n) is 2.97. The van der Waals surface area contributed by atoms with Crippen molar-refractivity contribution in [3.63, 3.8) is 0 Å². The van der Waals surface area contributed by atoms with Gasteiger partial charge >= 0.3 is 33.4 Å². The van der Waals surface area contributed by atoms with Gasteiger partial charge in [-0.05, 0) is 23.6 Å². The van der Waals surface area contributed by atoms with Crippen molar-refractivity contribution in [2.75, 3.05) is 4.72 Å². The smallest absolute Gasteiger partial charge is 0.366 e. The summed E-state index contributed by atoms with van der Waals surface area (Å²) >= 11 is 0. The molecule has 3 aromatic carbocycles. The molecule has 0 radical (unpaired) electrons. The van der Waals surface area contributed by atoms with E-state index in [0.29, 0.717) is 11.4 Å². The Balaban J connectivity index is 0.00000176. The summed E-state index contributed by atoms with van der Waals surface area (Å²) in [5.74, 6) is 0.302. The lowest BCUT2D eigenvalue weighted by atomic mass is 10.1. The molecule has 6 heteroatoms. The third kappa shape index (κ3) is 3.91. The minimum Gasteiger partial charge on any atom is -0.366 e. The average Bonchev–Trinajstić information content (AvgIpc) is 2.48. The predicted octanol–water partition coefficient (Wildman–Crippen LogP) is 2.66. The maximum absolute atomic E-state index is 12.1. The van der Waals surface area contributed by atoms with Gasteiger partial charge in [-0.2, -0.15) is 8.42 Å². The zero-order valence-corrected chi connectivity index (χ0v) is 11.9. The number of anilines is 1. The Morgan fingerprint density at radius 3 is 2.18 bits per heavy atom. The van der Waals surface area contributed by atoms with E-state index in [2.05, 4.69) is 4.72 Å². The number of hydrogen-bond donors (Lipinski definition) is 1. The fourth-order valence-corrected chi connectivity index (χ4v) is 2.91. The molecule has 0 unspecified atom stereocenters. The van der Waals surface area contributed by atoms with Crippen LogP contribution in [0.15, 0.2) is 72.8 Å².